The summed E-state index contributed by atoms with van der Waals surface area (Å²) in [4.78, 5) is 11.7. The number of ketones is 1. The van der Waals surface area contributed by atoms with E-state index < -0.39 is 17.7 Å². The minimum absolute atomic E-state index is 0.0833. The normalized spacial score (nSPS) is 12.8. The third kappa shape index (κ3) is 4.23. The average Bonchev–Trinajstić information content (AvgIpc) is 2.21. The number of rotatable bonds is 5. The Morgan fingerprint density at radius 2 is 2.00 bits per heavy atom. The van der Waals surface area contributed by atoms with Crippen molar-refractivity contribution in [3.05, 3.63) is 35.4 Å². The van der Waals surface area contributed by atoms with Gasteiger partial charge in [-0.25, -0.2) is 8.78 Å². The van der Waals surface area contributed by atoms with Crippen LogP contribution >= 0.6 is 0 Å². The van der Waals surface area contributed by atoms with Crippen molar-refractivity contribution in [1.82, 2.24) is 0 Å². The summed E-state index contributed by atoms with van der Waals surface area (Å²) < 4.78 is 26.0. The van der Waals surface area contributed by atoms with Crippen LogP contribution in [0.1, 0.15) is 25.8 Å². The molecular weight excluding hydrogens is 224 g/mol. The van der Waals surface area contributed by atoms with E-state index in [9.17, 15) is 13.6 Å². The molecular formula is C13H17F2NO. The molecule has 0 spiro atoms. The molecule has 1 rings (SSSR count). The smallest absolute Gasteiger partial charge is 0.153 e. The topological polar surface area (TPSA) is 43.1 Å². The Hall–Kier alpha value is -1.29. The van der Waals surface area contributed by atoms with Crippen LogP contribution in [0.15, 0.2) is 18.2 Å². The monoisotopic (exact) mass is 241 g/mol. The van der Waals surface area contributed by atoms with E-state index in [4.69, 9.17) is 5.73 Å². The van der Waals surface area contributed by atoms with Crippen molar-refractivity contribution in [1.29, 1.82) is 0 Å². The molecule has 2 nitrogen and oxygen atoms in total. The SMILES string of the molecule is CC(C)CC(N)C(=O)Cc1ccc(F)cc1F. The lowest BCUT2D eigenvalue weighted by Gasteiger charge is -2.13. The molecule has 1 unspecified atom stereocenters. The molecule has 0 saturated carbocycles. The second-order valence-electron chi connectivity index (χ2n) is 4.61. The standard InChI is InChI=1S/C13H17F2NO/c1-8(2)5-12(16)13(17)6-9-3-4-10(14)7-11(9)15/h3-4,7-8,12H,5-6,16H2,1-2H3. The highest BCUT2D eigenvalue weighted by Gasteiger charge is 2.17. The number of hydrogen-bond donors (Lipinski definition) is 1. The summed E-state index contributed by atoms with van der Waals surface area (Å²) in [7, 11) is 0. The Morgan fingerprint density at radius 1 is 1.35 bits per heavy atom. The molecule has 1 aromatic rings. The van der Waals surface area contributed by atoms with Crippen LogP contribution in [-0.4, -0.2) is 11.8 Å². The number of carbonyl (C=O) groups excluding carboxylic acids is 1. The quantitative estimate of drug-likeness (QED) is 0.860. The fourth-order valence-corrected chi connectivity index (χ4v) is 1.62. The Labute approximate surface area is 99.8 Å². The van der Waals surface area contributed by atoms with Gasteiger partial charge < -0.3 is 5.73 Å². The first-order valence-corrected chi connectivity index (χ1v) is 5.62. The van der Waals surface area contributed by atoms with E-state index in [0.717, 1.165) is 12.1 Å². The van der Waals surface area contributed by atoms with Crippen LogP contribution in [0, 0.1) is 17.6 Å². The molecule has 0 aliphatic carbocycles. The van der Waals surface area contributed by atoms with Crippen molar-refractivity contribution in [2.24, 2.45) is 11.7 Å². The van der Waals surface area contributed by atoms with Gasteiger partial charge >= 0.3 is 0 Å². The molecule has 94 valence electrons. The van der Waals surface area contributed by atoms with Gasteiger partial charge in [-0.15, -0.1) is 0 Å². The zero-order chi connectivity index (χ0) is 13.0. The van der Waals surface area contributed by atoms with Gasteiger partial charge in [-0.3, -0.25) is 4.79 Å². The first-order valence-electron chi connectivity index (χ1n) is 5.62. The number of halogens is 2. The summed E-state index contributed by atoms with van der Waals surface area (Å²) in [5, 5.41) is 0. The average molecular weight is 241 g/mol. The summed E-state index contributed by atoms with van der Waals surface area (Å²) in [6, 6.07) is 2.61. The van der Waals surface area contributed by atoms with Crippen LogP contribution in [0.25, 0.3) is 0 Å². The van der Waals surface area contributed by atoms with Gasteiger partial charge in [-0.1, -0.05) is 19.9 Å². The fraction of sp³-hybridized carbons (Fsp3) is 0.462. The molecule has 0 radical (unpaired) electrons. The van der Waals surface area contributed by atoms with Crippen LogP contribution in [0.3, 0.4) is 0 Å². The summed E-state index contributed by atoms with van der Waals surface area (Å²) in [5.74, 6) is -1.25. The maximum atomic E-state index is 13.3. The first kappa shape index (κ1) is 13.8. The second kappa shape index (κ2) is 5.87. The third-order valence-corrected chi connectivity index (χ3v) is 2.52. The Balaban J connectivity index is 2.67. The summed E-state index contributed by atoms with van der Waals surface area (Å²) in [6.07, 6.45) is 0.488. The number of nitrogens with two attached hydrogens (primary N) is 1. The van der Waals surface area contributed by atoms with E-state index in [1.54, 1.807) is 0 Å². The zero-order valence-electron chi connectivity index (χ0n) is 10.0. The summed E-state index contributed by atoms with van der Waals surface area (Å²) in [6.45, 7) is 3.93. The molecule has 0 aliphatic heterocycles. The van der Waals surface area contributed by atoms with E-state index in [2.05, 4.69) is 0 Å². The van der Waals surface area contributed by atoms with Gasteiger partial charge in [0.2, 0.25) is 0 Å². The van der Waals surface area contributed by atoms with Crippen LogP contribution in [-0.2, 0) is 11.2 Å². The molecule has 0 heterocycles. The van der Waals surface area contributed by atoms with Gasteiger partial charge in [0.15, 0.2) is 5.78 Å². The Bertz CT molecular complexity index is 404. The van der Waals surface area contributed by atoms with Crippen molar-refractivity contribution >= 4 is 5.78 Å². The highest BCUT2D eigenvalue weighted by atomic mass is 19.1. The van der Waals surface area contributed by atoms with Gasteiger partial charge in [0, 0.05) is 12.5 Å². The van der Waals surface area contributed by atoms with E-state index >= 15 is 0 Å². The molecule has 1 atom stereocenters. The zero-order valence-corrected chi connectivity index (χ0v) is 10.0. The van der Waals surface area contributed by atoms with Crippen molar-refractivity contribution in [3.63, 3.8) is 0 Å². The van der Waals surface area contributed by atoms with Crippen LogP contribution in [0.2, 0.25) is 0 Å². The fourth-order valence-electron chi connectivity index (χ4n) is 1.62. The Morgan fingerprint density at radius 3 is 2.53 bits per heavy atom. The second-order valence-corrected chi connectivity index (χ2v) is 4.61. The molecule has 0 amide bonds. The molecule has 4 heteroatoms. The molecule has 0 saturated heterocycles. The lowest BCUT2D eigenvalue weighted by molar-refractivity contribution is -0.120. The van der Waals surface area contributed by atoms with Crippen LogP contribution in [0.5, 0.6) is 0 Å². The molecule has 2 N–H and O–H groups in total. The molecule has 1 aromatic carbocycles. The van der Waals surface area contributed by atoms with Crippen molar-refractivity contribution in [2.75, 3.05) is 0 Å². The molecule has 0 aliphatic rings. The van der Waals surface area contributed by atoms with Crippen molar-refractivity contribution < 1.29 is 13.6 Å². The predicted molar refractivity (Wildman–Crippen MR) is 62.5 cm³/mol. The van der Waals surface area contributed by atoms with E-state index in [1.807, 2.05) is 13.8 Å². The minimum atomic E-state index is -0.699. The van der Waals surface area contributed by atoms with E-state index in [-0.39, 0.29) is 17.8 Å². The predicted octanol–water partition coefficient (Wildman–Crippen LogP) is 2.45. The van der Waals surface area contributed by atoms with Gasteiger partial charge in [0.05, 0.1) is 6.04 Å². The van der Waals surface area contributed by atoms with Crippen LogP contribution < -0.4 is 5.73 Å². The lowest BCUT2D eigenvalue weighted by atomic mass is 9.97. The highest BCUT2D eigenvalue weighted by molar-refractivity contribution is 5.85. The van der Waals surface area contributed by atoms with Gasteiger partial charge in [0.1, 0.15) is 11.6 Å². The minimum Gasteiger partial charge on any atom is -0.321 e. The summed E-state index contributed by atoms with van der Waals surface area (Å²) >= 11 is 0. The molecule has 0 aromatic heterocycles. The van der Waals surface area contributed by atoms with Crippen LogP contribution in [0.4, 0.5) is 8.78 Å². The number of carbonyl (C=O) groups is 1. The maximum absolute atomic E-state index is 13.3. The van der Waals surface area contributed by atoms with Gasteiger partial charge in [0.25, 0.3) is 0 Å². The van der Waals surface area contributed by atoms with E-state index in [0.29, 0.717) is 12.3 Å². The third-order valence-electron chi connectivity index (χ3n) is 2.52. The van der Waals surface area contributed by atoms with Crippen molar-refractivity contribution in [3.8, 4) is 0 Å². The van der Waals surface area contributed by atoms with Gasteiger partial charge in [-0.2, -0.15) is 0 Å². The van der Waals surface area contributed by atoms with Gasteiger partial charge in [-0.05, 0) is 24.0 Å². The lowest BCUT2D eigenvalue weighted by Crippen LogP contribution is -2.33. The largest absolute Gasteiger partial charge is 0.321 e. The number of benzene rings is 1. The molecule has 0 fully saturated rings. The highest BCUT2D eigenvalue weighted by Crippen LogP contribution is 2.12. The molecule has 17 heavy (non-hydrogen) atoms. The number of Topliss-reactive ketones (excluding diaryl/α,β-unsaturated/α-hetero) is 1. The molecule has 0 bridgehead atoms. The maximum Gasteiger partial charge on any atom is 0.153 e. The number of hydrogen-bond acceptors (Lipinski definition) is 2. The van der Waals surface area contributed by atoms with E-state index in [1.165, 1.54) is 6.07 Å². The van der Waals surface area contributed by atoms with Crippen molar-refractivity contribution in [2.45, 2.75) is 32.7 Å². The Kier molecular flexibility index (Phi) is 4.75. The summed E-state index contributed by atoms with van der Waals surface area (Å²) in [5.41, 5.74) is 5.89. The first-order chi connectivity index (χ1) is 7.90.